The van der Waals surface area contributed by atoms with Gasteiger partial charge in [-0.2, -0.15) is 5.10 Å². The van der Waals surface area contributed by atoms with E-state index in [1.807, 2.05) is 75.5 Å². The summed E-state index contributed by atoms with van der Waals surface area (Å²) >= 11 is 0. The lowest BCUT2D eigenvalue weighted by Crippen LogP contribution is -2.48. The summed E-state index contributed by atoms with van der Waals surface area (Å²) in [5.41, 5.74) is 7.39. The molecule has 6 heteroatoms. The maximum atomic E-state index is 12.9. The van der Waals surface area contributed by atoms with E-state index in [1.165, 1.54) is 5.56 Å². The Bertz CT molecular complexity index is 1340. The second kappa shape index (κ2) is 10.8. The number of aromatic nitrogens is 1. The highest BCUT2D eigenvalue weighted by Crippen LogP contribution is 2.21. The summed E-state index contributed by atoms with van der Waals surface area (Å²) in [5, 5.41) is 8.10. The van der Waals surface area contributed by atoms with Crippen molar-refractivity contribution in [3.63, 3.8) is 0 Å². The number of benzene rings is 3. The first kappa shape index (κ1) is 24.0. The van der Waals surface area contributed by atoms with E-state index in [4.69, 9.17) is 0 Å². The molecule has 4 rings (SSSR count). The Balaban J connectivity index is 1.47. The van der Waals surface area contributed by atoms with E-state index in [0.717, 1.165) is 28.6 Å². The minimum atomic E-state index is -0.708. The molecule has 1 unspecified atom stereocenters. The third-order valence-electron chi connectivity index (χ3n) is 5.94. The van der Waals surface area contributed by atoms with Crippen molar-refractivity contribution in [2.45, 2.75) is 33.4 Å². The number of nitrogens with one attached hydrogen (secondary N) is 2. The average molecular weight is 467 g/mol. The predicted octanol–water partition coefficient (Wildman–Crippen LogP) is 4.90. The standard InChI is InChI=1S/C29H30N4O2/c1-20(2)27(31-28(34)23-15-13-21(3)14-16-23)29(35)32-30-17-24-19-33(18-22-9-5-4-6-10-22)26-12-8-7-11-25(24)26/h4-17,19-20,27H,18H2,1-3H3,(H,31,34)(H,32,35)/b30-17-. The van der Waals surface area contributed by atoms with Gasteiger partial charge in [0, 0.05) is 34.8 Å². The summed E-state index contributed by atoms with van der Waals surface area (Å²) in [7, 11) is 0. The Hall–Kier alpha value is -4.19. The maximum Gasteiger partial charge on any atom is 0.262 e. The topological polar surface area (TPSA) is 75.5 Å². The van der Waals surface area contributed by atoms with Crippen LogP contribution >= 0.6 is 0 Å². The fourth-order valence-electron chi connectivity index (χ4n) is 3.99. The van der Waals surface area contributed by atoms with Crippen molar-refractivity contribution in [2.24, 2.45) is 11.0 Å². The summed E-state index contributed by atoms with van der Waals surface area (Å²) in [5.74, 6) is -0.746. The first-order valence-corrected chi connectivity index (χ1v) is 11.7. The largest absolute Gasteiger partial charge is 0.342 e. The molecule has 1 heterocycles. The van der Waals surface area contributed by atoms with Crippen LogP contribution in [0.25, 0.3) is 10.9 Å². The highest BCUT2D eigenvalue weighted by atomic mass is 16.2. The van der Waals surface area contributed by atoms with Gasteiger partial charge in [-0.15, -0.1) is 0 Å². The Kier molecular flexibility index (Phi) is 7.41. The fraction of sp³-hybridized carbons (Fsp3) is 0.207. The van der Waals surface area contributed by atoms with Crippen LogP contribution in [-0.4, -0.2) is 28.6 Å². The molecule has 1 atom stereocenters. The van der Waals surface area contributed by atoms with Gasteiger partial charge >= 0.3 is 0 Å². The number of carbonyl (C=O) groups excluding carboxylic acids is 2. The molecule has 0 aliphatic rings. The predicted molar refractivity (Wildman–Crippen MR) is 140 cm³/mol. The number of fused-ring (bicyclic) bond motifs is 1. The second-order valence-electron chi connectivity index (χ2n) is 9.01. The molecule has 0 fully saturated rings. The highest BCUT2D eigenvalue weighted by Gasteiger charge is 2.24. The summed E-state index contributed by atoms with van der Waals surface area (Å²) < 4.78 is 2.17. The van der Waals surface area contributed by atoms with E-state index < -0.39 is 6.04 Å². The molecule has 2 amide bonds. The minimum absolute atomic E-state index is 0.104. The molecule has 35 heavy (non-hydrogen) atoms. The molecule has 4 aromatic rings. The minimum Gasteiger partial charge on any atom is -0.342 e. The lowest BCUT2D eigenvalue weighted by atomic mass is 10.0. The molecule has 0 radical (unpaired) electrons. The number of para-hydroxylation sites is 1. The van der Waals surface area contributed by atoms with Gasteiger partial charge in [0.2, 0.25) is 0 Å². The lowest BCUT2D eigenvalue weighted by molar-refractivity contribution is -0.123. The number of nitrogens with zero attached hydrogens (tertiary/aromatic N) is 2. The maximum absolute atomic E-state index is 12.9. The molecule has 0 saturated carbocycles. The van der Waals surface area contributed by atoms with Crippen LogP contribution in [0.5, 0.6) is 0 Å². The monoisotopic (exact) mass is 466 g/mol. The normalized spacial score (nSPS) is 12.2. The van der Waals surface area contributed by atoms with Gasteiger partial charge in [0.1, 0.15) is 6.04 Å². The van der Waals surface area contributed by atoms with Crippen molar-refractivity contribution in [1.82, 2.24) is 15.3 Å². The first-order chi connectivity index (χ1) is 16.9. The SMILES string of the molecule is Cc1ccc(C(=O)NC(C(=O)N/N=C\c2cn(Cc3ccccc3)c3ccccc23)C(C)C)cc1. The van der Waals surface area contributed by atoms with Crippen LogP contribution in [0.3, 0.4) is 0 Å². The molecule has 0 bridgehead atoms. The van der Waals surface area contributed by atoms with Gasteiger partial charge in [0.05, 0.1) is 6.21 Å². The number of amides is 2. The van der Waals surface area contributed by atoms with Gasteiger partial charge in [0.15, 0.2) is 0 Å². The number of aryl methyl sites for hydroxylation is 1. The first-order valence-electron chi connectivity index (χ1n) is 11.7. The summed E-state index contributed by atoms with van der Waals surface area (Å²) in [6.45, 7) is 6.48. The fourth-order valence-corrected chi connectivity index (χ4v) is 3.99. The van der Waals surface area contributed by atoms with Crippen molar-refractivity contribution in [3.8, 4) is 0 Å². The zero-order valence-electron chi connectivity index (χ0n) is 20.2. The molecule has 3 aromatic carbocycles. The number of rotatable bonds is 8. The van der Waals surface area contributed by atoms with Crippen LogP contribution in [0, 0.1) is 12.8 Å². The van der Waals surface area contributed by atoms with Crippen LogP contribution < -0.4 is 10.7 Å². The third-order valence-corrected chi connectivity index (χ3v) is 5.94. The number of carbonyl (C=O) groups is 2. The number of hydrogen-bond donors (Lipinski definition) is 2. The van der Waals surface area contributed by atoms with E-state index >= 15 is 0 Å². The summed E-state index contributed by atoms with van der Waals surface area (Å²) in [4.78, 5) is 25.5. The van der Waals surface area contributed by atoms with Crippen molar-refractivity contribution in [1.29, 1.82) is 0 Å². The average Bonchev–Trinajstić information content (AvgIpc) is 3.20. The van der Waals surface area contributed by atoms with Gasteiger partial charge in [-0.25, -0.2) is 5.43 Å². The Morgan fingerprint density at radius 3 is 2.34 bits per heavy atom. The number of hydrazone groups is 1. The zero-order chi connectivity index (χ0) is 24.8. The van der Waals surface area contributed by atoms with E-state index in [0.29, 0.717) is 5.56 Å². The van der Waals surface area contributed by atoms with Gasteiger partial charge in [-0.3, -0.25) is 9.59 Å². The van der Waals surface area contributed by atoms with Crippen LogP contribution in [-0.2, 0) is 11.3 Å². The molecule has 0 saturated heterocycles. The van der Waals surface area contributed by atoms with Gasteiger partial charge in [-0.1, -0.05) is 80.1 Å². The molecule has 2 N–H and O–H groups in total. The Morgan fingerprint density at radius 2 is 1.63 bits per heavy atom. The summed E-state index contributed by atoms with van der Waals surface area (Å²) in [6.07, 6.45) is 3.69. The van der Waals surface area contributed by atoms with Crippen molar-refractivity contribution < 1.29 is 9.59 Å². The van der Waals surface area contributed by atoms with Crippen molar-refractivity contribution >= 4 is 28.9 Å². The van der Waals surface area contributed by atoms with Crippen LogP contribution in [0.2, 0.25) is 0 Å². The smallest absolute Gasteiger partial charge is 0.262 e. The molecule has 0 aliphatic heterocycles. The van der Waals surface area contributed by atoms with Crippen LogP contribution in [0.15, 0.2) is 90.2 Å². The van der Waals surface area contributed by atoms with Gasteiger partial charge in [0.25, 0.3) is 11.8 Å². The van der Waals surface area contributed by atoms with Crippen molar-refractivity contribution in [3.05, 3.63) is 107 Å². The van der Waals surface area contributed by atoms with E-state index in [2.05, 4.69) is 38.6 Å². The molecular formula is C29H30N4O2. The molecule has 0 aliphatic carbocycles. The van der Waals surface area contributed by atoms with Crippen LogP contribution in [0.1, 0.15) is 40.9 Å². The second-order valence-corrected chi connectivity index (χ2v) is 9.01. The van der Waals surface area contributed by atoms with E-state index in [-0.39, 0.29) is 17.7 Å². The molecular weight excluding hydrogens is 436 g/mol. The summed E-state index contributed by atoms with van der Waals surface area (Å²) in [6, 6.07) is 24.9. The lowest BCUT2D eigenvalue weighted by Gasteiger charge is -2.20. The Morgan fingerprint density at radius 1 is 0.943 bits per heavy atom. The van der Waals surface area contributed by atoms with E-state index in [1.54, 1.807) is 18.3 Å². The zero-order valence-corrected chi connectivity index (χ0v) is 20.2. The van der Waals surface area contributed by atoms with Crippen molar-refractivity contribution in [2.75, 3.05) is 0 Å². The number of hydrogen-bond acceptors (Lipinski definition) is 3. The molecule has 178 valence electrons. The third kappa shape index (κ3) is 5.84. The Labute approximate surface area is 205 Å². The van der Waals surface area contributed by atoms with E-state index in [9.17, 15) is 9.59 Å². The highest BCUT2D eigenvalue weighted by molar-refractivity contribution is 6.00. The quantitative estimate of drug-likeness (QED) is 0.286. The van der Waals surface area contributed by atoms with Crippen LogP contribution in [0.4, 0.5) is 0 Å². The van der Waals surface area contributed by atoms with Gasteiger partial charge < -0.3 is 9.88 Å². The molecule has 1 aromatic heterocycles. The molecule has 0 spiro atoms. The van der Waals surface area contributed by atoms with Gasteiger partial charge in [-0.05, 0) is 36.6 Å². The molecule has 6 nitrogen and oxygen atoms in total.